The molecule has 0 radical (unpaired) electrons. The zero-order chi connectivity index (χ0) is 27.1. The van der Waals surface area contributed by atoms with Crippen LogP contribution in [-0.4, -0.2) is 67.9 Å². The fraction of sp³-hybridized carbons (Fsp3) is 0.304. The highest BCUT2D eigenvalue weighted by atomic mass is 32.1. The molecule has 1 unspecified atom stereocenters. The van der Waals surface area contributed by atoms with Crippen molar-refractivity contribution in [3.63, 3.8) is 0 Å². The number of carboxylic acids is 1. The van der Waals surface area contributed by atoms with Crippen LogP contribution in [0.1, 0.15) is 35.1 Å². The normalized spacial score (nSPS) is 14.8. The van der Waals surface area contributed by atoms with E-state index in [1.165, 1.54) is 16.2 Å². The molecule has 4 amide bonds. The lowest BCUT2D eigenvalue weighted by atomic mass is 10.1. The van der Waals surface area contributed by atoms with Crippen LogP contribution < -0.4 is 20.9 Å². The van der Waals surface area contributed by atoms with Gasteiger partial charge >= 0.3 is 5.97 Å². The number of H-pyrrole nitrogens is 1. The van der Waals surface area contributed by atoms with Crippen LogP contribution in [0.15, 0.2) is 41.8 Å². The number of aromatic nitrogens is 4. The minimum absolute atomic E-state index is 0.0189. The number of amides is 4. The standard InChI is InChI=1S/C23H24N8O6S/c32-18(7-8-20(34)35)26-21(16-6-3-9-38-16)23(37)25-12-19(33)31-14-5-2-1-4-13(14)10-15(31)22(36)24-11-17-27-29-30-28-17/h1-6,9,15,21H,7-8,10-12H2,(H,24,36)(H,25,37)(H,26,32)(H,34,35)(H,27,28,29,30)/t15-,21?/m0/s1. The second-order valence-corrected chi connectivity index (χ2v) is 9.26. The maximum absolute atomic E-state index is 13.3. The molecule has 3 heterocycles. The molecule has 2 aromatic heterocycles. The van der Waals surface area contributed by atoms with E-state index in [1.807, 2.05) is 12.1 Å². The summed E-state index contributed by atoms with van der Waals surface area (Å²) in [4.78, 5) is 64.2. The van der Waals surface area contributed by atoms with E-state index < -0.39 is 48.2 Å². The van der Waals surface area contributed by atoms with Crippen molar-refractivity contribution >= 4 is 46.6 Å². The molecular weight excluding hydrogens is 516 g/mol. The summed E-state index contributed by atoms with van der Waals surface area (Å²) in [6.45, 7) is -0.417. The molecule has 4 rings (SSSR count). The molecule has 0 bridgehead atoms. The summed E-state index contributed by atoms with van der Waals surface area (Å²) in [6.07, 6.45) is -0.395. The number of benzene rings is 1. The highest BCUT2D eigenvalue weighted by molar-refractivity contribution is 7.10. The molecule has 0 aliphatic carbocycles. The van der Waals surface area contributed by atoms with Crippen molar-refractivity contribution in [3.8, 4) is 0 Å². The second kappa shape index (κ2) is 12.1. The first-order chi connectivity index (χ1) is 18.3. The van der Waals surface area contributed by atoms with Gasteiger partial charge in [-0.3, -0.25) is 28.9 Å². The van der Waals surface area contributed by atoms with Gasteiger partial charge in [0.1, 0.15) is 12.1 Å². The number of hydrogen-bond donors (Lipinski definition) is 5. The number of aromatic amines is 1. The van der Waals surface area contributed by atoms with Crippen molar-refractivity contribution in [2.45, 2.75) is 37.9 Å². The Morgan fingerprint density at radius 1 is 1.11 bits per heavy atom. The van der Waals surface area contributed by atoms with E-state index in [0.29, 0.717) is 10.6 Å². The van der Waals surface area contributed by atoms with Gasteiger partial charge in [-0.2, -0.15) is 5.21 Å². The van der Waals surface area contributed by atoms with Gasteiger partial charge in [0.05, 0.1) is 19.5 Å². The lowest BCUT2D eigenvalue weighted by Crippen LogP contribution is -2.51. The number of nitrogens with zero attached hydrogens (tertiary/aromatic N) is 4. The highest BCUT2D eigenvalue weighted by Gasteiger charge is 2.38. The van der Waals surface area contributed by atoms with Gasteiger partial charge in [-0.25, -0.2) is 0 Å². The van der Waals surface area contributed by atoms with E-state index in [1.54, 1.807) is 29.6 Å². The minimum Gasteiger partial charge on any atom is -0.481 e. The van der Waals surface area contributed by atoms with Crippen molar-refractivity contribution in [2.24, 2.45) is 0 Å². The van der Waals surface area contributed by atoms with Gasteiger partial charge in [0.15, 0.2) is 5.82 Å². The van der Waals surface area contributed by atoms with E-state index in [0.717, 1.165) is 5.56 Å². The Kier molecular flexibility index (Phi) is 8.37. The smallest absolute Gasteiger partial charge is 0.303 e. The Morgan fingerprint density at radius 2 is 1.92 bits per heavy atom. The number of carbonyl (C=O) groups is 5. The summed E-state index contributed by atoms with van der Waals surface area (Å²) in [6, 6.07) is 8.48. The molecule has 2 atom stereocenters. The van der Waals surface area contributed by atoms with E-state index in [-0.39, 0.29) is 31.6 Å². The van der Waals surface area contributed by atoms with Crippen molar-refractivity contribution in [2.75, 3.05) is 11.4 Å². The summed E-state index contributed by atoms with van der Waals surface area (Å²) < 4.78 is 0. The number of carbonyl (C=O) groups excluding carboxylic acids is 4. The third kappa shape index (κ3) is 6.36. The largest absolute Gasteiger partial charge is 0.481 e. The van der Waals surface area contributed by atoms with Crippen molar-refractivity contribution in [1.82, 2.24) is 36.6 Å². The Labute approximate surface area is 219 Å². The number of anilines is 1. The first kappa shape index (κ1) is 26.4. The van der Waals surface area contributed by atoms with Crippen LogP contribution in [-0.2, 0) is 36.9 Å². The number of hydrogen-bond acceptors (Lipinski definition) is 9. The Hall–Kier alpha value is -4.66. The van der Waals surface area contributed by atoms with Crippen molar-refractivity contribution < 1.29 is 29.1 Å². The molecule has 198 valence electrons. The van der Waals surface area contributed by atoms with Gasteiger partial charge in [-0.05, 0) is 23.1 Å². The lowest BCUT2D eigenvalue weighted by molar-refractivity contribution is -0.139. The summed E-state index contributed by atoms with van der Waals surface area (Å²) in [5.41, 5.74) is 1.36. The van der Waals surface area contributed by atoms with Crippen LogP contribution in [0.5, 0.6) is 0 Å². The first-order valence-corrected chi connectivity index (χ1v) is 12.4. The predicted molar refractivity (Wildman–Crippen MR) is 133 cm³/mol. The molecule has 1 aliphatic rings. The van der Waals surface area contributed by atoms with Gasteiger partial charge in [0.25, 0.3) is 0 Å². The molecule has 15 heteroatoms. The predicted octanol–water partition coefficient (Wildman–Crippen LogP) is -0.326. The fourth-order valence-corrected chi connectivity index (χ4v) is 4.74. The molecule has 14 nitrogen and oxygen atoms in total. The number of tetrazole rings is 1. The van der Waals surface area contributed by atoms with Gasteiger partial charge in [-0.1, -0.05) is 29.5 Å². The number of thiophene rings is 1. The molecule has 0 saturated carbocycles. The van der Waals surface area contributed by atoms with Gasteiger partial charge in [-0.15, -0.1) is 21.5 Å². The van der Waals surface area contributed by atoms with Crippen LogP contribution >= 0.6 is 11.3 Å². The number of rotatable bonds is 11. The zero-order valence-electron chi connectivity index (χ0n) is 19.9. The van der Waals surface area contributed by atoms with E-state index in [4.69, 9.17) is 5.11 Å². The van der Waals surface area contributed by atoms with Crippen molar-refractivity contribution in [1.29, 1.82) is 0 Å². The topological polar surface area (TPSA) is 199 Å². The SMILES string of the molecule is O=C(O)CCC(=O)NC(C(=O)NCC(=O)N1c2ccccc2C[C@H]1C(=O)NCc1nn[nH]n1)c1cccs1. The zero-order valence-corrected chi connectivity index (χ0v) is 20.7. The molecule has 38 heavy (non-hydrogen) atoms. The maximum Gasteiger partial charge on any atom is 0.303 e. The molecule has 0 spiro atoms. The molecule has 1 aliphatic heterocycles. The van der Waals surface area contributed by atoms with Gasteiger partial charge < -0.3 is 21.1 Å². The molecule has 3 aromatic rings. The molecule has 1 aromatic carbocycles. The van der Waals surface area contributed by atoms with E-state index >= 15 is 0 Å². The molecule has 0 fully saturated rings. The Balaban J connectivity index is 1.43. The van der Waals surface area contributed by atoms with Gasteiger partial charge in [0, 0.05) is 23.4 Å². The van der Waals surface area contributed by atoms with Gasteiger partial charge in [0.2, 0.25) is 23.6 Å². The number of para-hydroxylation sites is 1. The Morgan fingerprint density at radius 3 is 2.63 bits per heavy atom. The highest BCUT2D eigenvalue weighted by Crippen LogP contribution is 2.32. The first-order valence-electron chi connectivity index (χ1n) is 11.6. The van der Waals surface area contributed by atoms with E-state index in [9.17, 15) is 24.0 Å². The average molecular weight is 541 g/mol. The monoisotopic (exact) mass is 540 g/mol. The van der Waals surface area contributed by atoms with Crippen LogP contribution in [0.3, 0.4) is 0 Å². The lowest BCUT2D eigenvalue weighted by Gasteiger charge is -2.25. The minimum atomic E-state index is -1.13. The number of aliphatic carboxylic acids is 1. The number of carboxylic acid groups (broad SMARTS) is 1. The average Bonchev–Trinajstić information content (AvgIpc) is 3.68. The van der Waals surface area contributed by atoms with E-state index in [2.05, 4.69) is 36.6 Å². The third-order valence-corrected chi connectivity index (χ3v) is 6.67. The number of nitrogens with one attached hydrogen (secondary N) is 4. The summed E-state index contributed by atoms with van der Waals surface area (Å²) in [7, 11) is 0. The molecule has 5 N–H and O–H groups in total. The Bertz CT molecular complexity index is 1310. The summed E-state index contributed by atoms with van der Waals surface area (Å²) in [5, 5.41) is 31.6. The summed E-state index contributed by atoms with van der Waals surface area (Å²) >= 11 is 1.23. The van der Waals surface area contributed by atoms with Crippen LogP contribution in [0, 0.1) is 0 Å². The second-order valence-electron chi connectivity index (χ2n) is 8.29. The van der Waals surface area contributed by atoms with Crippen LogP contribution in [0.25, 0.3) is 0 Å². The fourth-order valence-electron chi connectivity index (χ4n) is 3.97. The third-order valence-electron chi connectivity index (χ3n) is 5.73. The number of fused-ring (bicyclic) bond motifs is 1. The van der Waals surface area contributed by atoms with Crippen LogP contribution in [0.2, 0.25) is 0 Å². The summed E-state index contributed by atoms with van der Waals surface area (Å²) in [5.74, 6) is -3.05. The molecule has 0 saturated heterocycles. The maximum atomic E-state index is 13.3. The van der Waals surface area contributed by atoms with Crippen LogP contribution in [0.4, 0.5) is 5.69 Å². The quantitative estimate of drug-likeness (QED) is 0.216. The van der Waals surface area contributed by atoms with Crippen molar-refractivity contribution in [3.05, 3.63) is 58.0 Å². The molecular formula is C23H24N8O6S.